The zero-order valence-corrected chi connectivity index (χ0v) is 18.7. The monoisotopic (exact) mass is 446 g/mol. The number of hydrogen-bond donors (Lipinski definition) is 2. The van der Waals surface area contributed by atoms with E-state index in [9.17, 15) is 4.79 Å². The third kappa shape index (κ3) is 5.29. The van der Waals surface area contributed by atoms with E-state index in [-0.39, 0.29) is 5.97 Å². The zero-order valence-electron chi connectivity index (χ0n) is 17.1. The first-order valence-electron chi connectivity index (χ1n) is 10.0. The Morgan fingerprint density at radius 3 is 2.45 bits per heavy atom. The summed E-state index contributed by atoms with van der Waals surface area (Å²) in [5.74, 6) is -0.353. The van der Waals surface area contributed by atoms with Crippen LogP contribution < -0.4 is 10.6 Å². The molecule has 4 rings (SSSR count). The predicted molar refractivity (Wildman–Crippen MR) is 133 cm³/mol. The van der Waals surface area contributed by atoms with Crippen LogP contribution in [0.15, 0.2) is 78.9 Å². The van der Waals surface area contributed by atoms with E-state index < -0.39 is 0 Å². The van der Waals surface area contributed by atoms with Crippen LogP contribution in [0.4, 0.5) is 10.7 Å². The third-order valence-electron chi connectivity index (χ3n) is 4.73. The van der Waals surface area contributed by atoms with Crippen LogP contribution in [0.1, 0.15) is 27.7 Å². The highest BCUT2D eigenvalue weighted by atomic mass is 32.1. The summed E-state index contributed by atoms with van der Waals surface area (Å²) in [5.41, 5.74) is 2.57. The minimum atomic E-state index is -0.353. The van der Waals surface area contributed by atoms with Crippen molar-refractivity contribution in [3.63, 3.8) is 0 Å². The second-order valence-electron chi connectivity index (χ2n) is 6.98. The topological polar surface area (TPSA) is 50.4 Å². The molecule has 0 amide bonds. The molecule has 0 aliphatic carbocycles. The van der Waals surface area contributed by atoms with E-state index in [0.29, 0.717) is 22.3 Å². The van der Waals surface area contributed by atoms with Crippen LogP contribution in [0.2, 0.25) is 0 Å². The summed E-state index contributed by atoms with van der Waals surface area (Å²) in [6.45, 7) is 2.12. The molecule has 0 atom stereocenters. The maximum Gasteiger partial charge on any atom is 0.341 e. The van der Waals surface area contributed by atoms with Crippen molar-refractivity contribution in [2.75, 3.05) is 17.2 Å². The lowest BCUT2D eigenvalue weighted by Gasteiger charge is -2.11. The molecular weight excluding hydrogens is 424 g/mol. The van der Waals surface area contributed by atoms with Gasteiger partial charge in [0.25, 0.3) is 0 Å². The Bertz CT molecular complexity index is 1220. The molecule has 6 heteroatoms. The zero-order chi connectivity index (χ0) is 21.6. The Balaban J connectivity index is 1.53. The summed E-state index contributed by atoms with van der Waals surface area (Å²) in [6, 6.07) is 26.3. The molecule has 1 heterocycles. The van der Waals surface area contributed by atoms with Gasteiger partial charge in [0.1, 0.15) is 5.00 Å². The molecule has 0 saturated carbocycles. The van der Waals surface area contributed by atoms with Gasteiger partial charge in [-0.3, -0.25) is 0 Å². The quantitative estimate of drug-likeness (QED) is 0.262. The number of carbonyl (C=O) groups is 1. The van der Waals surface area contributed by atoms with Crippen molar-refractivity contribution in [2.24, 2.45) is 0 Å². The van der Waals surface area contributed by atoms with Crippen molar-refractivity contribution < 1.29 is 9.53 Å². The van der Waals surface area contributed by atoms with Crippen molar-refractivity contribution in [1.29, 1.82) is 0 Å². The van der Waals surface area contributed by atoms with Crippen molar-refractivity contribution in [3.8, 4) is 0 Å². The molecule has 0 spiro atoms. The normalized spacial score (nSPS) is 10.6. The van der Waals surface area contributed by atoms with Gasteiger partial charge in [-0.1, -0.05) is 60.7 Å². The van der Waals surface area contributed by atoms with E-state index >= 15 is 0 Å². The summed E-state index contributed by atoms with van der Waals surface area (Å²) in [7, 11) is 0. The standard InChI is InChI=1S/C25H22N2O2S2/c1-2-29-24(28)22-16-21(14-17-8-4-3-5-9-17)31-23(22)27-25(30)26-20-13-12-18-10-6-7-11-19(18)15-20/h3-13,15-16H,2,14H2,1H3,(H2,26,27,30). The summed E-state index contributed by atoms with van der Waals surface area (Å²) in [4.78, 5) is 13.6. The molecule has 3 aromatic carbocycles. The molecule has 0 radical (unpaired) electrons. The molecule has 4 aromatic rings. The Labute approximate surface area is 190 Å². The maximum absolute atomic E-state index is 12.5. The molecule has 31 heavy (non-hydrogen) atoms. The van der Waals surface area contributed by atoms with Gasteiger partial charge in [-0.15, -0.1) is 11.3 Å². The summed E-state index contributed by atoms with van der Waals surface area (Å²) in [6.07, 6.45) is 0.741. The van der Waals surface area contributed by atoms with E-state index in [1.807, 2.05) is 54.6 Å². The van der Waals surface area contributed by atoms with Crippen molar-refractivity contribution in [3.05, 3.63) is 94.9 Å². The molecule has 1 aromatic heterocycles. The van der Waals surface area contributed by atoms with Crippen molar-refractivity contribution in [2.45, 2.75) is 13.3 Å². The van der Waals surface area contributed by atoms with Gasteiger partial charge in [0, 0.05) is 17.0 Å². The van der Waals surface area contributed by atoms with E-state index in [1.165, 1.54) is 22.3 Å². The fraction of sp³-hybridized carbons (Fsp3) is 0.120. The summed E-state index contributed by atoms with van der Waals surface area (Å²) >= 11 is 7.03. The third-order valence-corrected chi connectivity index (χ3v) is 5.99. The number of esters is 1. The van der Waals surface area contributed by atoms with Crippen LogP contribution in [0.3, 0.4) is 0 Å². The Hall–Kier alpha value is -3.22. The molecule has 2 N–H and O–H groups in total. The second-order valence-corrected chi connectivity index (χ2v) is 8.52. The van der Waals surface area contributed by atoms with Crippen molar-refractivity contribution in [1.82, 2.24) is 0 Å². The number of thiocarbonyl (C=S) groups is 1. The molecule has 0 unspecified atom stereocenters. The number of hydrogen-bond acceptors (Lipinski definition) is 4. The Morgan fingerprint density at radius 1 is 0.935 bits per heavy atom. The number of fused-ring (bicyclic) bond motifs is 1. The molecule has 4 nitrogen and oxygen atoms in total. The van der Waals surface area contributed by atoms with Gasteiger partial charge < -0.3 is 15.4 Å². The maximum atomic E-state index is 12.5. The number of benzene rings is 3. The molecule has 0 bridgehead atoms. The van der Waals surface area contributed by atoms with Crippen molar-refractivity contribution >= 4 is 56.1 Å². The highest BCUT2D eigenvalue weighted by Crippen LogP contribution is 2.31. The van der Waals surface area contributed by atoms with Crippen LogP contribution >= 0.6 is 23.6 Å². The lowest BCUT2D eigenvalue weighted by Crippen LogP contribution is -2.20. The first kappa shape index (κ1) is 21.0. The van der Waals surface area contributed by atoms with E-state index in [1.54, 1.807) is 6.92 Å². The van der Waals surface area contributed by atoms with Gasteiger partial charge in [0.05, 0.1) is 12.2 Å². The molecule has 156 valence electrons. The van der Waals surface area contributed by atoms with Gasteiger partial charge in [-0.25, -0.2) is 4.79 Å². The molecule has 0 aliphatic rings. The minimum absolute atomic E-state index is 0.321. The summed E-state index contributed by atoms with van der Waals surface area (Å²) in [5, 5.41) is 9.81. The number of thiophene rings is 1. The lowest BCUT2D eigenvalue weighted by molar-refractivity contribution is 0.0528. The number of rotatable bonds is 6. The van der Waals surface area contributed by atoms with Crippen LogP contribution in [0.5, 0.6) is 0 Å². The number of anilines is 2. The molecule has 0 fully saturated rings. The Morgan fingerprint density at radius 2 is 1.68 bits per heavy atom. The highest BCUT2D eigenvalue weighted by molar-refractivity contribution is 7.80. The number of carbonyl (C=O) groups excluding carboxylic acids is 1. The van der Waals surface area contributed by atoms with E-state index in [0.717, 1.165) is 22.4 Å². The van der Waals surface area contributed by atoms with Crippen LogP contribution in [0, 0.1) is 0 Å². The first-order valence-corrected chi connectivity index (χ1v) is 11.3. The van der Waals surface area contributed by atoms with Crippen LogP contribution in [-0.4, -0.2) is 17.7 Å². The second kappa shape index (κ2) is 9.73. The van der Waals surface area contributed by atoms with E-state index in [4.69, 9.17) is 17.0 Å². The minimum Gasteiger partial charge on any atom is -0.462 e. The van der Waals surface area contributed by atoms with Gasteiger partial charge >= 0.3 is 5.97 Å². The molecule has 0 aliphatic heterocycles. The molecule has 0 saturated heterocycles. The van der Waals surface area contributed by atoms with Gasteiger partial charge in [-0.2, -0.15) is 0 Å². The van der Waals surface area contributed by atoms with Crippen LogP contribution in [0.25, 0.3) is 10.8 Å². The average molecular weight is 447 g/mol. The largest absolute Gasteiger partial charge is 0.462 e. The summed E-state index contributed by atoms with van der Waals surface area (Å²) < 4.78 is 5.24. The first-order chi connectivity index (χ1) is 15.1. The fourth-order valence-corrected chi connectivity index (χ4v) is 4.68. The average Bonchev–Trinajstić information content (AvgIpc) is 3.16. The predicted octanol–water partition coefficient (Wildman–Crippen LogP) is 6.48. The Kier molecular flexibility index (Phi) is 6.60. The van der Waals surface area contributed by atoms with E-state index in [2.05, 4.69) is 34.9 Å². The molecular formula is C25H22N2O2S2. The highest BCUT2D eigenvalue weighted by Gasteiger charge is 2.18. The van der Waals surface area contributed by atoms with Gasteiger partial charge in [0.2, 0.25) is 0 Å². The van der Waals surface area contributed by atoms with Gasteiger partial charge in [-0.05, 0) is 53.7 Å². The smallest absolute Gasteiger partial charge is 0.341 e. The number of ether oxygens (including phenoxy) is 1. The number of nitrogens with one attached hydrogen (secondary N) is 2. The fourth-order valence-electron chi connectivity index (χ4n) is 3.31. The SMILES string of the molecule is CCOC(=O)c1cc(Cc2ccccc2)sc1NC(=S)Nc1ccc2ccccc2c1. The van der Waals surface area contributed by atoms with Crippen LogP contribution in [-0.2, 0) is 11.2 Å². The van der Waals surface area contributed by atoms with Gasteiger partial charge in [0.15, 0.2) is 5.11 Å². The lowest BCUT2D eigenvalue weighted by atomic mass is 10.1.